The van der Waals surface area contributed by atoms with E-state index < -0.39 is 0 Å². The van der Waals surface area contributed by atoms with E-state index >= 15 is 0 Å². The molecule has 0 spiro atoms. The Morgan fingerprint density at radius 2 is 2.22 bits per heavy atom. The molecule has 23 heavy (non-hydrogen) atoms. The minimum Gasteiger partial charge on any atom is -0.303 e. The molecule has 2 aromatic heterocycles. The van der Waals surface area contributed by atoms with Crippen molar-refractivity contribution in [1.82, 2.24) is 19.6 Å². The number of hydrogen-bond donors (Lipinski definition) is 1. The molecule has 1 fully saturated rings. The van der Waals surface area contributed by atoms with E-state index in [4.69, 9.17) is 0 Å². The third-order valence-electron chi connectivity index (χ3n) is 4.50. The highest BCUT2D eigenvalue weighted by Crippen LogP contribution is 2.36. The van der Waals surface area contributed by atoms with Crippen LogP contribution in [0.3, 0.4) is 0 Å². The van der Waals surface area contributed by atoms with E-state index in [0.717, 1.165) is 24.4 Å². The first-order valence-corrected chi connectivity index (χ1v) is 7.95. The van der Waals surface area contributed by atoms with Crippen molar-refractivity contribution in [2.75, 3.05) is 0 Å². The molecular formula is C17H17FN4O. The molecule has 1 N–H and O–H groups in total. The fourth-order valence-electron chi connectivity index (χ4n) is 3.04. The van der Waals surface area contributed by atoms with Gasteiger partial charge in [0.2, 0.25) is 0 Å². The second kappa shape index (κ2) is 5.30. The highest BCUT2D eigenvalue weighted by molar-refractivity contribution is 5.58. The Hall–Kier alpha value is -2.50. The van der Waals surface area contributed by atoms with Crippen LogP contribution in [0.5, 0.6) is 0 Å². The number of aryl methyl sites for hydroxylation is 1. The van der Waals surface area contributed by atoms with Gasteiger partial charge in [-0.2, -0.15) is 0 Å². The number of fused-ring (bicyclic) bond motifs is 1. The number of hydrogen-bond acceptors (Lipinski definition) is 3. The largest absolute Gasteiger partial charge is 0.303 e. The van der Waals surface area contributed by atoms with Crippen molar-refractivity contribution >= 4 is 5.52 Å². The van der Waals surface area contributed by atoms with Gasteiger partial charge in [0.1, 0.15) is 11.6 Å². The molecule has 2 heterocycles. The summed E-state index contributed by atoms with van der Waals surface area (Å²) in [5.74, 6) is 1.22. The summed E-state index contributed by atoms with van der Waals surface area (Å²) in [4.78, 5) is 19.9. The summed E-state index contributed by atoms with van der Waals surface area (Å²) in [7, 11) is 0. The van der Waals surface area contributed by atoms with Crippen LogP contribution < -0.4 is 5.56 Å². The monoisotopic (exact) mass is 312 g/mol. The molecule has 6 heteroatoms. The van der Waals surface area contributed by atoms with Crippen LogP contribution >= 0.6 is 0 Å². The molecule has 0 saturated heterocycles. The molecule has 0 atom stereocenters. The molecule has 0 amide bonds. The van der Waals surface area contributed by atoms with Crippen molar-refractivity contribution in [2.45, 2.75) is 38.5 Å². The molecule has 5 nitrogen and oxygen atoms in total. The molecule has 118 valence electrons. The van der Waals surface area contributed by atoms with Crippen molar-refractivity contribution in [3.05, 3.63) is 52.0 Å². The average Bonchev–Trinajstić information content (AvgIpc) is 2.85. The maximum absolute atomic E-state index is 13.5. The highest BCUT2D eigenvalue weighted by atomic mass is 19.1. The van der Waals surface area contributed by atoms with Crippen molar-refractivity contribution in [2.24, 2.45) is 0 Å². The zero-order chi connectivity index (χ0) is 16.0. The Labute approximate surface area is 132 Å². The lowest BCUT2D eigenvalue weighted by atomic mass is 9.85. The van der Waals surface area contributed by atoms with Gasteiger partial charge in [-0.1, -0.05) is 25.5 Å². The second-order valence-corrected chi connectivity index (χ2v) is 5.97. The summed E-state index contributed by atoms with van der Waals surface area (Å²) in [6.45, 7) is 1.98. The minimum atomic E-state index is -0.357. The molecular weight excluding hydrogens is 295 g/mol. The maximum Gasteiger partial charge on any atom is 0.277 e. The van der Waals surface area contributed by atoms with Crippen LogP contribution in [0.15, 0.2) is 29.1 Å². The van der Waals surface area contributed by atoms with Crippen molar-refractivity contribution in [3.8, 4) is 11.4 Å². The van der Waals surface area contributed by atoms with Gasteiger partial charge in [0.15, 0.2) is 11.3 Å². The predicted molar refractivity (Wildman–Crippen MR) is 85.0 cm³/mol. The first kappa shape index (κ1) is 14.1. The van der Waals surface area contributed by atoms with Crippen LogP contribution in [0.4, 0.5) is 4.39 Å². The number of aromatic nitrogens is 4. The fourth-order valence-corrected chi connectivity index (χ4v) is 3.04. The topological polar surface area (TPSA) is 63.1 Å². The van der Waals surface area contributed by atoms with Gasteiger partial charge in [-0.15, -0.1) is 5.10 Å². The Morgan fingerprint density at radius 3 is 2.87 bits per heavy atom. The number of aromatic amines is 1. The Morgan fingerprint density at radius 1 is 1.39 bits per heavy atom. The zero-order valence-corrected chi connectivity index (χ0v) is 12.8. The van der Waals surface area contributed by atoms with Gasteiger partial charge in [0.25, 0.3) is 5.56 Å². The van der Waals surface area contributed by atoms with Crippen LogP contribution in [0, 0.1) is 5.82 Å². The van der Waals surface area contributed by atoms with Crippen molar-refractivity contribution < 1.29 is 4.39 Å². The maximum atomic E-state index is 13.5. The lowest BCUT2D eigenvalue weighted by molar-refractivity contribution is 0.395. The van der Waals surface area contributed by atoms with Crippen LogP contribution in [0.2, 0.25) is 0 Å². The van der Waals surface area contributed by atoms with Crippen LogP contribution in [-0.2, 0) is 6.42 Å². The van der Waals surface area contributed by atoms with E-state index in [2.05, 4.69) is 15.1 Å². The first-order valence-electron chi connectivity index (χ1n) is 7.95. The molecule has 1 aromatic carbocycles. The lowest BCUT2D eigenvalue weighted by Gasteiger charge is -2.23. The molecule has 0 aliphatic heterocycles. The van der Waals surface area contributed by atoms with E-state index in [-0.39, 0.29) is 11.4 Å². The van der Waals surface area contributed by atoms with E-state index in [0.29, 0.717) is 29.2 Å². The Kier molecular flexibility index (Phi) is 3.25. The summed E-state index contributed by atoms with van der Waals surface area (Å²) in [6.07, 6.45) is 4.01. The van der Waals surface area contributed by atoms with Gasteiger partial charge in [-0.05, 0) is 31.4 Å². The summed E-state index contributed by atoms with van der Waals surface area (Å²) < 4.78 is 15.1. The number of benzene rings is 1. The molecule has 1 aliphatic rings. The van der Waals surface area contributed by atoms with Crippen molar-refractivity contribution in [1.29, 1.82) is 0 Å². The molecule has 4 rings (SSSR count). The molecule has 0 bridgehead atoms. The smallest absolute Gasteiger partial charge is 0.277 e. The molecule has 0 radical (unpaired) electrons. The van der Waals surface area contributed by atoms with E-state index in [1.807, 2.05) is 6.92 Å². The number of rotatable bonds is 3. The summed E-state index contributed by atoms with van der Waals surface area (Å²) in [5, 5.41) is 4.55. The van der Waals surface area contributed by atoms with E-state index in [1.165, 1.54) is 18.6 Å². The molecule has 3 aromatic rings. The average molecular weight is 312 g/mol. The lowest BCUT2D eigenvalue weighted by Crippen LogP contribution is -2.18. The Balaban J connectivity index is 1.97. The quantitative estimate of drug-likeness (QED) is 0.808. The normalized spacial score (nSPS) is 15.0. The Bertz CT molecular complexity index is 939. The van der Waals surface area contributed by atoms with Gasteiger partial charge in [-0.25, -0.2) is 13.9 Å². The number of nitrogens with one attached hydrogen (secondary N) is 1. The number of nitrogens with zero attached hydrogens (tertiary/aromatic N) is 3. The molecule has 1 aliphatic carbocycles. The van der Waals surface area contributed by atoms with Gasteiger partial charge in [-0.3, -0.25) is 4.79 Å². The van der Waals surface area contributed by atoms with Gasteiger partial charge < -0.3 is 4.98 Å². The predicted octanol–water partition coefficient (Wildman–Crippen LogP) is 3.05. The minimum absolute atomic E-state index is 0.228. The number of H-pyrrole nitrogens is 1. The van der Waals surface area contributed by atoms with Crippen molar-refractivity contribution in [3.63, 3.8) is 0 Å². The third kappa shape index (κ3) is 2.25. The third-order valence-corrected chi connectivity index (χ3v) is 4.50. The van der Waals surface area contributed by atoms with Gasteiger partial charge in [0, 0.05) is 11.5 Å². The fraction of sp³-hybridized carbons (Fsp3) is 0.353. The summed E-state index contributed by atoms with van der Waals surface area (Å²) >= 11 is 0. The zero-order valence-electron chi connectivity index (χ0n) is 12.8. The van der Waals surface area contributed by atoms with E-state index in [1.54, 1.807) is 16.6 Å². The summed E-state index contributed by atoms with van der Waals surface area (Å²) in [5.41, 5.74) is 1.60. The van der Waals surface area contributed by atoms with Crippen LogP contribution in [0.25, 0.3) is 16.9 Å². The summed E-state index contributed by atoms with van der Waals surface area (Å²) in [6, 6.07) is 6.07. The standard InChI is InChI=1S/C17H17FN4O/c1-2-13-14-17(23)20-15(11-7-4-8-12(18)9-11)21-22(14)16(19-13)10-5-3-6-10/h4,7-10H,2-3,5-6H2,1H3,(H,20,21,23). The number of imidazole rings is 1. The van der Waals surface area contributed by atoms with Crippen LogP contribution in [-0.4, -0.2) is 19.6 Å². The van der Waals surface area contributed by atoms with Gasteiger partial charge >= 0.3 is 0 Å². The van der Waals surface area contributed by atoms with Gasteiger partial charge in [0.05, 0.1) is 5.69 Å². The van der Waals surface area contributed by atoms with E-state index in [9.17, 15) is 9.18 Å². The first-order chi connectivity index (χ1) is 11.2. The number of halogens is 1. The SMILES string of the molecule is CCc1nc(C2CCC2)n2nc(-c3cccc(F)c3)[nH]c(=O)c12. The van der Waals surface area contributed by atoms with Crippen LogP contribution in [0.1, 0.15) is 43.6 Å². The highest BCUT2D eigenvalue weighted by Gasteiger charge is 2.27. The molecule has 1 saturated carbocycles. The second-order valence-electron chi connectivity index (χ2n) is 5.97. The molecule has 0 unspecified atom stereocenters.